The maximum atomic E-state index is 12.2. The molecule has 3 nitrogen and oxygen atoms in total. The van der Waals surface area contributed by atoms with Gasteiger partial charge in [0.15, 0.2) is 5.82 Å². The van der Waals surface area contributed by atoms with Crippen LogP contribution >= 0.6 is 0 Å². The van der Waals surface area contributed by atoms with Gasteiger partial charge in [0.2, 0.25) is 5.78 Å². The second kappa shape index (κ2) is 5.19. The number of Topliss-reactive ketones (excluding diaryl/α,β-unsaturated/α-hetero) is 1. The Morgan fingerprint density at radius 2 is 2.00 bits per heavy atom. The highest BCUT2D eigenvalue weighted by Crippen LogP contribution is 2.33. The lowest BCUT2D eigenvalue weighted by Crippen LogP contribution is -2.28. The lowest BCUT2D eigenvalue weighted by atomic mass is 9.75. The fourth-order valence-corrected chi connectivity index (χ4v) is 2.63. The van der Waals surface area contributed by atoms with Crippen molar-refractivity contribution in [1.29, 1.82) is 0 Å². The van der Waals surface area contributed by atoms with E-state index in [1.165, 1.54) is 19.3 Å². The van der Waals surface area contributed by atoms with Crippen LogP contribution in [0.5, 0.6) is 0 Å². The van der Waals surface area contributed by atoms with Gasteiger partial charge in [-0.3, -0.25) is 4.79 Å². The summed E-state index contributed by atoms with van der Waals surface area (Å²) in [6, 6.07) is 1.74. The molecule has 0 amide bonds. The Bertz CT molecular complexity index is 350. The van der Waals surface area contributed by atoms with Gasteiger partial charge in [0.25, 0.3) is 0 Å². The van der Waals surface area contributed by atoms with Crippen LogP contribution in [0.4, 0.5) is 0 Å². The van der Waals surface area contributed by atoms with Gasteiger partial charge in [0.1, 0.15) is 0 Å². The standard InChI is InChI=1S/C13H18N2O/c1-2-10-6-3-4-7-11(10)12(16)13-14-8-5-9-15-13/h5,8-11H,2-4,6-7H2,1H3. The van der Waals surface area contributed by atoms with E-state index in [2.05, 4.69) is 16.9 Å². The minimum absolute atomic E-state index is 0.146. The van der Waals surface area contributed by atoms with Crippen LogP contribution in [0.25, 0.3) is 0 Å². The third kappa shape index (κ3) is 2.29. The number of nitrogens with zero attached hydrogens (tertiary/aromatic N) is 2. The zero-order chi connectivity index (χ0) is 11.4. The Balaban J connectivity index is 2.14. The molecule has 0 saturated heterocycles. The number of hydrogen-bond donors (Lipinski definition) is 0. The lowest BCUT2D eigenvalue weighted by molar-refractivity contribution is 0.0809. The van der Waals surface area contributed by atoms with Crippen molar-refractivity contribution in [1.82, 2.24) is 9.97 Å². The summed E-state index contributed by atoms with van der Waals surface area (Å²) in [5.74, 6) is 1.23. The highest BCUT2D eigenvalue weighted by atomic mass is 16.1. The van der Waals surface area contributed by atoms with Crippen molar-refractivity contribution in [3.8, 4) is 0 Å². The van der Waals surface area contributed by atoms with E-state index in [4.69, 9.17) is 0 Å². The summed E-state index contributed by atoms with van der Waals surface area (Å²) < 4.78 is 0. The molecule has 86 valence electrons. The van der Waals surface area contributed by atoms with Gasteiger partial charge in [-0.15, -0.1) is 0 Å². The van der Waals surface area contributed by atoms with Gasteiger partial charge in [0.05, 0.1) is 0 Å². The molecule has 0 aromatic carbocycles. The van der Waals surface area contributed by atoms with E-state index < -0.39 is 0 Å². The van der Waals surface area contributed by atoms with Crippen LogP contribution < -0.4 is 0 Å². The van der Waals surface area contributed by atoms with Gasteiger partial charge in [0, 0.05) is 18.3 Å². The number of hydrogen-bond acceptors (Lipinski definition) is 3. The van der Waals surface area contributed by atoms with Crippen LogP contribution in [0.3, 0.4) is 0 Å². The van der Waals surface area contributed by atoms with Crippen LogP contribution in [-0.2, 0) is 0 Å². The van der Waals surface area contributed by atoms with Gasteiger partial charge >= 0.3 is 0 Å². The van der Waals surface area contributed by atoms with Gasteiger partial charge in [-0.25, -0.2) is 9.97 Å². The molecule has 0 radical (unpaired) electrons. The number of ketones is 1. The minimum Gasteiger partial charge on any atom is -0.290 e. The summed E-state index contributed by atoms with van der Waals surface area (Å²) in [5.41, 5.74) is 0. The molecular formula is C13H18N2O. The number of carbonyl (C=O) groups excluding carboxylic acids is 1. The molecule has 1 saturated carbocycles. The average Bonchev–Trinajstić information content (AvgIpc) is 2.39. The summed E-state index contributed by atoms with van der Waals surface area (Å²) in [6.45, 7) is 2.17. The topological polar surface area (TPSA) is 42.9 Å². The number of rotatable bonds is 3. The van der Waals surface area contributed by atoms with E-state index in [1.54, 1.807) is 18.5 Å². The summed E-state index contributed by atoms with van der Waals surface area (Å²) in [4.78, 5) is 20.4. The van der Waals surface area contributed by atoms with E-state index in [0.29, 0.717) is 11.7 Å². The average molecular weight is 218 g/mol. The van der Waals surface area contributed by atoms with Crippen LogP contribution in [0, 0.1) is 11.8 Å². The SMILES string of the molecule is CCC1CCCCC1C(=O)c1ncccn1. The fraction of sp³-hybridized carbons (Fsp3) is 0.615. The molecule has 2 unspecified atom stereocenters. The van der Waals surface area contributed by atoms with Crippen LogP contribution in [0.2, 0.25) is 0 Å². The summed E-state index contributed by atoms with van der Waals surface area (Å²) in [5, 5.41) is 0. The number of aromatic nitrogens is 2. The zero-order valence-corrected chi connectivity index (χ0v) is 9.72. The maximum Gasteiger partial charge on any atom is 0.203 e. The molecule has 2 rings (SSSR count). The van der Waals surface area contributed by atoms with Crippen molar-refractivity contribution >= 4 is 5.78 Å². The first-order valence-electron chi connectivity index (χ1n) is 6.14. The van der Waals surface area contributed by atoms with Crippen molar-refractivity contribution in [2.75, 3.05) is 0 Å². The molecule has 0 spiro atoms. The van der Waals surface area contributed by atoms with E-state index in [1.807, 2.05) is 0 Å². The molecule has 1 aromatic heterocycles. The second-order valence-corrected chi connectivity index (χ2v) is 4.50. The van der Waals surface area contributed by atoms with Gasteiger partial charge in [-0.1, -0.05) is 26.2 Å². The fourth-order valence-electron chi connectivity index (χ4n) is 2.63. The highest BCUT2D eigenvalue weighted by molar-refractivity contribution is 5.94. The molecule has 1 heterocycles. The van der Waals surface area contributed by atoms with E-state index >= 15 is 0 Å². The van der Waals surface area contributed by atoms with Gasteiger partial charge in [-0.05, 0) is 24.8 Å². The predicted molar refractivity (Wildman–Crippen MR) is 62.1 cm³/mol. The Kier molecular flexibility index (Phi) is 3.65. The molecule has 1 aromatic rings. The summed E-state index contributed by atoms with van der Waals surface area (Å²) in [7, 11) is 0. The normalized spacial score (nSPS) is 25.3. The molecular weight excluding hydrogens is 200 g/mol. The smallest absolute Gasteiger partial charge is 0.203 e. The first-order valence-corrected chi connectivity index (χ1v) is 6.14. The van der Waals surface area contributed by atoms with Gasteiger partial charge in [-0.2, -0.15) is 0 Å². The largest absolute Gasteiger partial charge is 0.290 e. The van der Waals surface area contributed by atoms with E-state index in [-0.39, 0.29) is 11.7 Å². The van der Waals surface area contributed by atoms with Crippen molar-refractivity contribution < 1.29 is 4.79 Å². The van der Waals surface area contributed by atoms with Crippen LogP contribution in [0.15, 0.2) is 18.5 Å². The Morgan fingerprint density at radius 1 is 1.31 bits per heavy atom. The highest BCUT2D eigenvalue weighted by Gasteiger charge is 2.31. The minimum atomic E-state index is 0.146. The van der Waals surface area contributed by atoms with Gasteiger partial charge < -0.3 is 0 Å². The molecule has 0 aliphatic heterocycles. The van der Waals surface area contributed by atoms with Crippen molar-refractivity contribution in [2.24, 2.45) is 11.8 Å². The second-order valence-electron chi connectivity index (χ2n) is 4.50. The summed E-state index contributed by atoms with van der Waals surface area (Å²) >= 11 is 0. The number of carbonyl (C=O) groups is 1. The molecule has 2 atom stereocenters. The lowest BCUT2D eigenvalue weighted by Gasteiger charge is -2.28. The first kappa shape index (κ1) is 11.2. The Labute approximate surface area is 96.3 Å². The van der Waals surface area contributed by atoms with Crippen molar-refractivity contribution in [3.63, 3.8) is 0 Å². The molecule has 0 bridgehead atoms. The van der Waals surface area contributed by atoms with Crippen molar-refractivity contribution in [3.05, 3.63) is 24.3 Å². The molecule has 1 fully saturated rings. The van der Waals surface area contributed by atoms with Crippen LogP contribution in [-0.4, -0.2) is 15.8 Å². The van der Waals surface area contributed by atoms with Crippen LogP contribution in [0.1, 0.15) is 49.6 Å². The molecule has 16 heavy (non-hydrogen) atoms. The molecule has 3 heteroatoms. The first-order chi connectivity index (χ1) is 7.83. The zero-order valence-electron chi connectivity index (χ0n) is 9.72. The van der Waals surface area contributed by atoms with E-state index in [9.17, 15) is 4.79 Å². The third-order valence-corrected chi connectivity index (χ3v) is 3.56. The maximum absolute atomic E-state index is 12.2. The predicted octanol–water partition coefficient (Wildman–Crippen LogP) is 2.88. The van der Waals surface area contributed by atoms with E-state index in [0.717, 1.165) is 12.8 Å². The molecule has 0 N–H and O–H groups in total. The summed E-state index contributed by atoms with van der Waals surface area (Å²) in [6.07, 6.45) is 8.99. The Hall–Kier alpha value is -1.25. The Morgan fingerprint density at radius 3 is 2.69 bits per heavy atom. The quantitative estimate of drug-likeness (QED) is 0.733. The monoisotopic (exact) mass is 218 g/mol. The third-order valence-electron chi connectivity index (χ3n) is 3.56. The molecule has 1 aliphatic carbocycles. The molecule has 1 aliphatic rings. The van der Waals surface area contributed by atoms with Crippen molar-refractivity contribution in [2.45, 2.75) is 39.0 Å².